The summed E-state index contributed by atoms with van der Waals surface area (Å²) in [4.78, 5) is 27.3. The standard InChI is InChI=1S/C25H26N4O4/c1-13-10-14(2)29(13)25(31)19-12-28-23(15(19)3)20(8-9-27-28)33-17-6-7-18-21(11-17)32-16(4)22(18)24(30)26-5/h6-9,11-14H,10H2,1-5H3,(H,26,30)/t13-,14-/m1/s1. The predicted octanol–water partition coefficient (Wildman–Crippen LogP) is 4.47. The average molecular weight is 447 g/mol. The molecule has 1 aromatic carbocycles. The van der Waals surface area contributed by atoms with E-state index in [0.717, 1.165) is 22.9 Å². The second-order valence-electron chi connectivity index (χ2n) is 8.67. The normalized spacial score (nSPS) is 17.9. The van der Waals surface area contributed by atoms with E-state index >= 15 is 0 Å². The Labute approximate surface area is 191 Å². The summed E-state index contributed by atoms with van der Waals surface area (Å²) in [5.41, 5.74) is 3.28. The molecule has 1 fully saturated rings. The Bertz CT molecular complexity index is 1410. The van der Waals surface area contributed by atoms with Gasteiger partial charge in [0.25, 0.3) is 11.8 Å². The molecule has 3 aromatic heterocycles. The van der Waals surface area contributed by atoms with E-state index in [0.29, 0.717) is 34.0 Å². The molecule has 170 valence electrons. The molecule has 33 heavy (non-hydrogen) atoms. The van der Waals surface area contributed by atoms with E-state index in [-0.39, 0.29) is 23.9 Å². The summed E-state index contributed by atoms with van der Waals surface area (Å²) in [5.74, 6) is 1.52. The van der Waals surface area contributed by atoms with Crippen LogP contribution in [0.3, 0.4) is 0 Å². The molecule has 0 bridgehead atoms. The Hall–Kier alpha value is -3.81. The van der Waals surface area contributed by atoms with E-state index in [9.17, 15) is 9.59 Å². The summed E-state index contributed by atoms with van der Waals surface area (Å²) in [6.45, 7) is 7.82. The number of hydrogen-bond donors (Lipinski definition) is 1. The molecule has 0 saturated carbocycles. The van der Waals surface area contributed by atoms with Crippen molar-refractivity contribution in [2.24, 2.45) is 0 Å². The van der Waals surface area contributed by atoms with Gasteiger partial charge in [0.1, 0.15) is 22.6 Å². The number of nitrogens with zero attached hydrogens (tertiary/aromatic N) is 3. The van der Waals surface area contributed by atoms with Crippen LogP contribution >= 0.6 is 0 Å². The number of ether oxygens (including phenoxy) is 1. The summed E-state index contributed by atoms with van der Waals surface area (Å²) in [6.07, 6.45) is 4.43. The number of nitrogens with one attached hydrogen (secondary N) is 1. The lowest BCUT2D eigenvalue weighted by Crippen LogP contribution is -2.55. The van der Waals surface area contributed by atoms with E-state index in [1.807, 2.05) is 17.9 Å². The van der Waals surface area contributed by atoms with Gasteiger partial charge in [-0.25, -0.2) is 4.52 Å². The van der Waals surface area contributed by atoms with Crippen molar-refractivity contribution in [1.29, 1.82) is 0 Å². The summed E-state index contributed by atoms with van der Waals surface area (Å²) < 4.78 is 13.7. The number of fused-ring (bicyclic) bond motifs is 2. The van der Waals surface area contributed by atoms with Crippen molar-refractivity contribution in [3.63, 3.8) is 0 Å². The maximum absolute atomic E-state index is 13.2. The van der Waals surface area contributed by atoms with Crippen molar-refractivity contribution in [3.8, 4) is 11.5 Å². The van der Waals surface area contributed by atoms with E-state index in [4.69, 9.17) is 9.15 Å². The number of carbonyl (C=O) groups excluding carboxylic acids is 2. The highest BCUT2D eigenvalue weighted by atomic mass is 16.5. The predicted molar refractivity (Wildman–Crippen MR) is 124 cm³/mol. The first-order chi connectivity index (χ1) is 15.8. The first-order valence-electron chi connectivity index (χ1n) is 11.0. The summed E-state index contributed by atoms with van der Waals surface area (Å²) in [6, 6.07) is 7.63. The molecule has 8 heteroatoms. The quantitative estimate of drug-likeness (QED) is 0.500. The SMILES string of the molecule is CNC(=O)c1c(C)oc2cc(Oc3ccnn4cc(C(=O)N5[C@H](C)C[C@H]5C)c(C)c34)ccc12. The maximum atomic E-state index is 13.2. The van der Waals surface area contributed by atoms with Gasteiger partial charge in [0.15, 0.2) is 5.75 Å². The first kappa shape index (κ1) is 21.1. The van der Waals surface area contributed by atoms with Crippen molar-refractivity contribution >= 4 is 28.3 Å². The molecular formula is C25H26N4O4. The zero-order valence-corrected chi connectivity index (χ0v) is 19.3. The molecule has 1 aliphatic heterocycles. The second-order valence-corrected chi connectivity index (χ2v) is 8.67. The summed E-state index contributed by atoms with van der Waals surface area (Å²) >= 11 is 0. The van der Waals surface area contributed by atoms with E-state index in [1.165, 1.54) is 0 Å². The molecule has 0 aliphatic carbocycles. The number of benzene rings is 1. The van der Waals surface area contributed by atoms with Crippen LogP contribution in [-0.4, -0.2) is 45.5 Å². The van der Waals surface area contributed by atoms with Crippen LogP contribution in [0.4, 0.5) is 0 Å². The number of carbonyl (C=O) groups is 2. The molecule has 1 aliphatic rings. The van der Waals surface area contributed by atoms with Crippen LogP contribution in [0, 0.1) is 13.8 Å². The number of aromatic nitrogens is 2. The van der Waals surface area contributed by atoms with E-state index in [1.54, 1.807) is 49.1 Å². The molecule has 0 spiro atoms. The Morgan fingerprint density at radius 2 is 1.94 bits per heavy atom. The molecule has 2 atom stereocenters. The van der Waals surface area contributed by atoms with Gasteiger partial charge in [0.2, 0.25) is 0 Å². The molecule has 1 saturated heterocycles. The molecule has 1 N–H and O–H groups in total. The fourth-order valence-electron chi connectivity index (χ4n) is 4.88. The zero-order chi connectivity index (χ0) is 23.4. The highest BCUT2D eigenvalue weighted by Gasteiger charge is 2.37. The molecule has 0 radical (unpaired) electrons. The van der Waals surface area contributed by atoms with Crippen LogP contribution in [-0.2, 0) is 0 Å². The summed E-state index contributed by atoms with van der Waals surface area (Å²) in [5, 5.41) is 7.75. The molecular weight excluding hydrogens is 420 g/mol. The third kappa shape index (κ3) is 3.25. The lowest BCUT2D eigenvalue weighted by molar-refractivity contribution is 0.0265. The van der Waals surface area contributed by atoms with Gasteiger partial charge in [0.05, 0.1) is 17.3 Å². The number of aryl methyl sites for hydroxylation is 2. The molecule has 2 amide bonds. The van der Waals surface area contributed by atoms with E-state index in [2.05, 4.69) is 24.3 Å². The molecule has 5 rings (SSSR count). The van der Waals surface area contributed by atoms with Crippen LogP contribution in [0.1, 0.15) is 52.3 Å². The van der Waals surface area contributed by atoms with Gasteiger partial charge in [-0.3, -0.25) is 9.59 Å². The van der Waals surface area contributed by atoms with Crippen molar-refractivity contribution in [3.05, 3.63) is 59.1 Å². The first-order valence-corrected chi connectivity index (χ1v) is 11.0. The number of likely N-dealkylation sites (tertiary alicyclic amines) is 1. The minimum Gasteiger partial charge on any atom is -0.460 e. The minimum atomic E-state index is -0.192. The highest BCUT2D eigenvalue weighted by molar-refractivity contribution is 6.07. The van der Waals surface area contributed by atoms with Gasteiger partial charge < -0.3 is 19.4 Å². The largest absolute Gasteiger partial charge is 0.460 e. The average Bonchev–Trinajstić information content (AvgIpc) is 3.29. The minimum absolute atomic E-state index is 0.0180. The molecule has 4 heterocycles. The zero-order valence-electron chi connectivity index (χ0n) is 19.3. The van der Waals surface area contributed by atoms with Crippen LogP contribution in [0.5, 0.6) is 11.5 Å². The van der Waals surface area contributed by atoms with Gasteiger partial charge >= 0.3 is 0 Å². The maximum Gasteiger partial charge on any atom is 0.256 e. The fourth-order valence-corrected chi connectivity index (χ4v) is 4.88. The lowest BCUT2D eigenvalue weighted by atomic mass is 9.94. The number of amides is 2. The van der Waals surface area contributed by atoms with Gasteiger partial charge in [-0.1, -0.05) is 0 Å². The second kappa shape index (κ2) is 7.65. The molecule has 4 aromatic rings. The third-order valence-corrected chi connectivity index (χ3v) is 6.51. The Morgan fingerprint density at radius 3 is 2.64 bits per heavy atom. The van der Waals surface area contributed by atoms with Gasteiger partial charge in [-0.15, -0.1) is 0 Å². The van der Waals surface area contributed by atoms with E-state index < -0.39 is 0 Å². The van der Waals surface area contributed by atoms with Crippen LogP contribution in [0.15, 0.2) is 41.1 Å². The van der Waals surface area contributed by atoms with Gasteiger partial charge in [-0.2, -0.15) is 5.10 Å². The lowest BCUT2D eigenvalue weighted by Gasteiger charge is -2.45. The number of rotatable bonds is 4. The third-order valence-electron chi connectivity index (χ3n) is 6.51. The van der Waals surface area contributed by atoms with Crippen molar-refractivity contribution in [2.45, 2.75) is 46.2 Å². The van der Waals surface area contributed by atoms with Crippen LogP contribution in [0.2, 0.25) is 0 Å². The van der Waals surface area contributed by atoms with Crippen molar-refractivity contribution in [1.82, 2.24) is 19.8 Å². The monoisotopic (exact) mass is 446 g/mol. The fraction of sp³-hybridized carbons (Fsp3) is 0.320. The van der Waals surface area contributed by atoms with Gasteiger partial charge in [0, 0.05) is 42.8 Å². The number of hydrogen-bond acceptors (Lipinski definition) is 5. The van der Waals surface area contributed by atoms with Crippen molar-refractivity contribution in [2.75, 3.05) is 7.05 Å². The Morgan fingerprint density at radius 1 is 1.18 bits per heavy atom. The molecule has 0 unspecified atom stereocenters. The number of furan rings is 1. The summed E-state index contributed by atoms with van der Waals surface area (Å²) in [7, 11) is 1.59. The Kier molecular flexibility index (Phi) is 4.88. The smallest absolute Gasteiger partial charge is 0.256 e. The molecule has 8 nitrogen and oxygen atoms in total. The Balaban J connectivity index is 1.52. The van der Waals surface area contributed by atoms with Crippen molar-refractivity contribution < 1.29 is 18.7 Å². The van der Waals surface area contributed by atoms with Gasteiger partial charge in [-0.05, 0) is 51.8 Å². The topological polar surface area (TPSA) is 89.1 Å². The van der Waals surface area contributed by atoms with Crippen LogP contribution < -0.4 is 10.1 Å². The highest BCUT2D eigenvalue weighted by Crippen LogP contribution is 2.35. The van der Waals surface area contributed by atoms with Crippen LogP contribution in [0.25, 0.3) is 16.5 Å².